The number of halogens is 1. The second kappa shape index (κ2) is 6.90. The summed E-state index contributed by atoms with van der Waals surface area (Å²) >= 11 is 6.39. The molecule has 0 amide bonds. The van der Waals surface area contributed by atoms with Gasteiger partial charge in [0.2, 0.25) is 0 Å². The van der Waals surface area contributed by atoms with Gasteiger partial charge in [0.15, 0.2) is 0 Å². The number of rotatable bonds is 6. The summed E-state index contributed by atoms with van der Waals surface area (Å²) in [4.78, 5) is 12.8. The summed E-state index contributed by atoms with van der Waals surface area (Å²) in [5.41, 5.74) is 7.12. The van der Waals surface area contributed by atoms with E-state index in [-0.39, 0.29) is 5.78 Å². The van der Waals surface area contributed by atoms with E-state index >= 15 is 0 Å². The van der Waals surface area contributed by atoms with Crippen molar-refractivity contribution in [3.05, 3.63) is 16.4 Å². The SMILES string of the molecule is CCc1nn(CC)c(CC(=O)C2(CN)CCOCC2)c1Cl. The molecule has 1 aliphatic heterocycles. The molecule has 118 valence electrons. The van der Waals surface area contributed by atoms with Gasteiger partial charge in [0, 0.05) is 31.7 Å². The molecule has 1 saturated heterocycles. The largest absolute Gasteiger partial charge is 0.381 e. The van der Waals surface area contributed by atoms with Crippen LogP contribution in [-0.2, 0) is 28.9 Å². The third-order valence-electron chi connectivity index (χ3n) is 4.45. The Hall–Kier alpha value is -0.910. The van der Waals surface area contributed by atoms with Gasteiger partial charge >= 0.3 is 0 Å². The monoisotopic (exact) mass is 313 g/mol. The lowest BCUT2D eigenvalue weighted by Crippen LogP contribution is -2.44. The number of hydrogen-bond acceptors (Lipinski definition) is 4. The zero-order valence-corrected chi connectivity index (χ0v) is 13.6. The van der Waals surface area contributed by atoms with Crippen molar-refractivity contribution in [2.75, 3.05) is 19.8 Å². The van der Waals surface area contributed by atoms with Crippen LogP contribution < -0.4 is 5.73 Å². The summed E-state index contributed by atoms with van der Waals surface area (Å²) in [6.45, 7) is 6.30. The number of carbonyl (C=O) groups is 1. The number of ether oxygens (including phenoxy) is 1. The van der Waals surface area contributed by atoms with Gasteiger partial charge in [-0.15, -0.1) is 0 Å². The fourth-order valence-electron chi connectivity index (χ4n) is 2.88. The fourth-order valence-corrected chi connectivity index (χ4v) is 3.22. The van der Waals surface area contributed by atoms with E-state index in [0.29, 0.717) is 50.6 Å². The minimum atomic E-state index is -0.462. The molecule has 2 heterocycles. The van der Waals surface area contributed by atoms with Crippen LogP contribution in [0.3, 0.4) is 0 Å². The summed E-state index contributed by atoms with van der Waals surface area (Å²) in [5.74, 6) is 0.160. The van der Waals surface area contributed by atoms with Gasteiger partial charge in [-0.3, -0.25) is 9.48 Å². The Labute approximate surface area is 130 Å². The van der Waals surface area contributed by atoms with Gasteiger partial charge < -0.3 is 10.5 Å². The Bertz CT molecular complexity index is 507. The predicted molar refractivity (Wildman–Crippen MR) is 82.5 cm³/mol. The summed E-state index contributed by atoms with van der Waals surface area (Å²) in [6.07, 6.45) is 2.46. The van der Waals surface area contributed by atoms with Crippen LogP contribution in [0.25, 0.3) is 0 Å². The van der Waals surface area contributed by atoms with Crippen LogP contribution in [0.15, 0.2) is 0 Å². The highest BCUT2D eigenvalue weighted by Crippen LogP contribution is 2.33. The molecule has 1 fully saturated rings. The van der Waals surface area contributed by atoms with Crippen LogP contribution in [-0.4, -0.2) is 35.3 Å². The average Bonchev–Trinajstić information content (AvgIpc) is 2.83. The molecular weight excluding hydrogens is 290 g/mol. The van der Waals surface area contributed by atoms with Crippen LogP contribution in [0, 0.1) is 5.41 Å². The number of aromatic nitrogens is 2. The third-order valence-corrected chi connectivity index (χ3v) is 4.89. The molecule has 0 aromatic carbocycles. The molecule has 0 atom stereocenters. The van der Waals surface area contributed by atoms with Gasteiger partial charge in [-0.25, -0.2) is 0 Å². The first-order chi connectivity index (χ1) is 10.1. The first kappa shape index (κ1) is 16.5. The fraction of sp³-hybridized carbons (Fsp3) is 0.733. The van der Waals surface area contributed by atoms with Gasteiger partial charge in [-0.2, -0.15) is 5.10 Å². The molecule has 0 aliphatic carbocycles. The first-order valence-corrected chi connectivity index (χ1v) is 8.01. The normalized spacial score (nSPS) is 17.9. The average molecular weight is 314 g/mol. The van der Waals surface area contributed by atoms with Crippen molar-refractivity contribution in [3.8, 4) is 0 Å². The number of aryl methyl sites for hydroxylation is 2. The number of Topliss-reactive ketones (excluding diaryl/α,β-unsaturated/α-hetero) is 1. The van der Waals surface area contributed by atoms with Crippen LogP contribution >= 0.6 is 11.6 Å². The van der Waals surface area contributed by atoms with E-state index in [1.54, 1.807) is 0 Å². The minimum absolute atomic E-state index is 0.160. The smallest absolute Gasteiger partial charge is 0.146 e. The third kappa shape index (κ3) is 3.15. The first-order valence-electron chi connectivity index (χ1n) is 7.63. The molecule has 0 bridgehead atoms. The molecule has 0 saturated carbocycles. The van der Waals surface area contributed by atoms with E-state index in [2.05, 4.69) is 5.10 Å². The van der Waals surface area contributed by atoms with E-state index in [1.165, 1.54) is 0 Å². The Balaban J connectivity index is 2.24. The van der Waals surface area contributed by atoms with Crippen LogP contribution in [0.4, 0.5) is 0 Å². The summed E-state index contributed by atoms with van der Waals surface area (Å²) in [7, 11) is 0. The zero-order valence-electron chi connectivity index (χ0n) is 12.8. The van der Waals surface area contributed by atoms with Crippen LogP contribution in [0.5, 0.6) is 0 Å². The molecule has 5 nitrogen and oxygen atoms in total. The van der Waals surface area contributed by atoms with Crippen molar-refractivity contribution in [2.24, 2.45) is 11.1 Å². The maximum absolute atomic E-state index is 12.8. The van der Waals surface area contributed by atoms with Gasteiger partial charge in [0.05, 0.1) is 22.8 Å². The highest BCUT2D eigenvalue weighted by molar-refractivity contribution is 6.32. The lowest BCUT2D eigenvalue weighted by atomic mass is 9.75. The molecular formula is C15H24ClN3O2. The van der Waals surface area contributed by atoms with Crippen molar-refractivity contribution >= 4 is 17.4 Å². The molecule has 21 heavy (non-hydrogen) atoms. The van der Waals surface area contributed by atoms with Crippen molar-refractivity contribution in [1.82, 2.24) is 9.78 Å². The lowest BCUT2D eigenvalue weighted by molar-refractivity contribution is -0.133. The number of carbonyl (C=O) groups excluding carboxylic acids is 1. The zero-order chi connectivity index (χ0) is 15.5. The van der Waals surface area contributed by atoms with Gasteiger partial charge in [0.25, 0.3) is 0 Å². The maximum Gasteiger partial charge on any atom is 0.146 e. The Morgan fingerprint density at radius 2 is 2.10 bits per heavy atom. The molecule has 1 aromatic heterocycles. The number of hydrogen-bond donors (Lipinski definition) is 1. The van der Waals surface area contributed by atoms with E-state index in [1.807, 2.05) is 18.5 Å². The Morgan fingerprint density at radius 1 is 1.43 bits per heavy atom. The number of ketones is 1. The van der Waals surface area contributed by atoms with E-state index in [9.17, 15) is 4.79 Å². The molecule has 0 radical (unpaired) electrons. The molecule has 0 unspecified atom stereocenters. The second-order valence-electron chi connectivity index (χ2n) is 5.57. The molecule has 2 rings (SSSR count). The summed E-state index contributed by atoms with van der Waals surface area (Å²) < 4.78 is 7.20. The molecule has 2 N–H and O–H groups in total. The Kier molecular flexibility index (Phi) is 5.41. The van der Waals surface area contributed by atoms with Crippen molar-refractivity contribution in [1.29, 1.82) is 0 Å². The standard InChI is InChI=1S/C15H24ClN3O2/c1-3-11-14(16)12(19(4-2)18-11)9-13(20)15(10-17)5-7-21-8-6-15/h3-10,17H2,1-2H3. The highest BCUT2D eigenvalue weighted by Gasteiger charge is 2.39. The van der Waals surface area contributed by atoms with Crippen LogP contribution in [0.1, 0.15) is 38.1 Å². The van der Waals surface area contributed by atoms with Crippen molar-refractivity contribution in [3.63, 3.8) is 0 Å². The van der Waals surface area contributed by atoms with E-state index in [0.717, 1.165) is 17.8 Å². The van der Waals surface area contributed by atoms with Crippen LogP contribution in [0.2, 0.25) is 5.02 Å². The highest BCUT2D eigenvalue weighted by atomic mass is 35.5. The molecule has 0 spiro atoms. The molecule has 1 aliphatic rings. The maximum atomic E-state index is 12.8. The van der Waals surface area contributed by atoms with Gasteiger partial charge in [-0.05, 0) is 26.2 Å². The van der Waals surface area contributed by atoms with Gasteiger partial charge in [-0.1, -0.05) is 18.5 Å². The summed E-state index contributed by atoms with van der Waals surface area (Å²) in [6, 6.07) is 0. The summed E-state index contributed by atoms with van der Waals surface area (Å²) in [5, 5.41) is 5.10. The number of nitrogens with two attached hydrogens (primary N) is 1. The second-order valence-corrected chi connectivity index (χ2v) is 5.95. The molecule has 6 heteroatoms. The molecule has 1 aromatic rings. The quantitative estimate of drug-likeness (QED) is 0.872. The van der Waals surface area contributed by atoms with E-state index < -0.39 is 5.41 Å². The lowest BCUT2D eigenvalue weighted by Gasteiger charge is -2.34. The predicted octanol–water partition coefficient (Wildman–Crippen LogP) is 1.99. The van der Waals surface area contributed by atoms with Crippen molar-refractivity contribution in [2.45, 2.75) is 46.1 Å². The number of nitrogens with zero attached hydrogens (tertiary/aromatic N) is 2. The minimum Gasteiger partial charge on any atom is -0.381 e. The Morgan fingerprint density at radius 3 is 2.62 bits per heavy atom. The topological polar surface area (TPSA) is 70.1 Å². The van der Waals surface area contributed by atoms with Gasteiger partial charge in [0.1, 0.15) is 5.78 Å². The van der Waals surface area contributed by atoms with E-state index in [4.69, 9.17) is 22.1 Å². The van der Waals surface area contributed by atoms with Crippen molar-refractivity contribution < 1.29 is 9.53 Å².